The van der Waals surface area contributed by atoms with Crippen molar-refractivity contribution in [3.63, 3.8) is 0 Å². The summed E-state index contributed by atoms with van der Waals surface area (Å²) in [6.45, 7) is 0.634. The van der Waals surface area contributed by atoms with Crippen LogP contribution in [0.3, 0.4) is 0 Å². The first kappa shape index (κ1) is 16.5. The third-order valence-corrected chi connectivity index (χ3v) is 4.32. The van der Waals surface area contributed by atoms with Crippen LogP contribution in [0.25, 0.3) is 0 Å². The highest BCUT2D eigenvalue weighted by Crippen LogP contribution is 2.11. The fourth-order valence-electron chi connectivity index (χ4n) is 2.42. The number of benzene rings is 1. The molecular weight excluding hydrogens is 304 g/mol. The highest BCUT2D eigenvalue weighted by atomic mass is 32.2. The summed E-state index contributed by atoms with van der Waals surface area (Å²) < 4.78 is 22.7. The number of hydrogen-bond donors (Lipinski definition) is 2. The van der Waals surface area contributed by atoms with Gasteiger partial charge in [0.25, 0.3) is 5.91 Å². The lowest BCUT2D eigenvalue weighted by molar-refractivity contribution is -0.122. The molecule has 1 aromatic rings. The van der Waals surface area contributed by atoms with Crippen LogP contribution in [0, 0.1) is 0 Å². The first-order chi connectivity index (χ1) is 10.3. The fraction of sp³-hybridized carbons (Fsp3) is 0.467. The molecule has 0 saturated carbocycles. The van der Waals surface area contributed by atoms with E-state index >= 15 is 0 Å². The van der Waals surface area contributed by atoms with Crippen molar-refractivity contribution in [2.75, 3.05) is 12.8 Å². The Morgan fingerprint density at radius 1 is 1.36 bits per heavy atom. The third kappa shape index (κ3) is 4.84. The maximum absolute atomic E-state index is 12.2. The summed E-state index contributed by atoms with van der Waals surface area (Å²) in [7, 11) is -3.16. The highest BCUT2D eigenvalue weighted by Gasteiger charge is 2.23. The van der Waals surface area contributed by atoms with Crippen LogP contribution < -0.4 is 10.6 Å². The van der Waals surface area contributed by atoms with Crippen LogP contribution in [0.4, 0.5) is 0 Å². The van der Waals surface area contributed by atoms with Crippen LogP contribution in [0.5, 0.6) is 0 Å². The van der Waals surface area contributed by atoms with Gasteiger partial charge in [-0.1, -0.05) is 12.1 Å². The summed E-state index contributed by atoms with van der Waals surface area (Å²) in [4.78, 5) is 24.1. The van der Waals surface area contributed by atoms with Crippen LogP contribution in [0.2, 0.25) is 0 Å². The van der Waals surface area contributed by atoms with Gasteiger partial charge in [-0.2, -0.15) is 0 Å². The Balaban J connectivity index is 2.09. The van der Waals surface area contributed by atoms with Gasteiger partial charge in [0.15, 0.2) is 9.84 Å². The number of carbonyl (C=O) groups is 2. The first-order valence-corrected chi connectivity index (χ1v) is 9.26. The van der Waals surface area contributed by atoms with E-state index < -0.39 is 15.9 Å². The molecule has 1 atom stereocenters. The predicted molar refractivity (Wildman–Crippen MR) is 83.1 cm³/mol. The quantitative estimate of drug-likeness (QED) is 0.849. The summed E-state index contributed by atoms with van der Waals surface area (Å²) in [5, 5.41) is 5.48. The van der Waals surface area contributed by atoms with E-state index in [9.17, 15) is 18.0 Å². The molecule has 1 aromatic carbocycles. The van der Waals surface area contributed by atoms with E-state index in [4.69, 9.17) is 0 Å². The van der Waals surface area contributed by atoms with Crippen molar-refractivity contribution < 1.29 is 18.0 Å². The second-order valence-electron chi connectivity index (χ2n) is 5.58. The lowest BCUT2D eigenvalue weighted by Crippen LogP contribution is -2.45. The Morgan fingerprint density at radius 2 is 2.14 bits per heavy atom. The molecule has 1 saturated heterocycles. The Labute approximate surface area is 130 Å². The number of hydrogen-bond acceptors (Lipinski definition) is 4. The molecule has 0 aromatic heterocycles. The average Bonchev–Trinajstić information content (AvgIpc) is 2.62. The van der Waals surface area contributed by atoms with E-state index in [0.717, 1.165) is 19.1 Å². The number of amides is 2. The Bertz CT molecular complexity index is 670. The molecule has 0 unspecified atom stereocenters. The van der Waals surface area contributed by atoms with Crippen molar-refractivity contribution in [2.45, 2.75) is 31.1 Å². The van der Waals surface area contributed by atoms with Crippen LogP contribution in [0.15, 0.2) is 24.3 Å². The molecule has 2 N–H and O–H groups in total. The Morgan fingerprint density at radius 3 is 2.86 bits per heavy atom. The lowest BCUT2D eigenvalue weighted by atomic mass is 10.1. The van der Waals surface area contributed by atoms with Crippen LogP contribution >= 0.6 is 0 Å². The van der Waals surface area contributed by atoms with E-state index in [-0.39, 0.29) is 17.6 Å². The first-order valence-electron chi connectivity index (χ1n) is 7.20. The topological polar surface area (TPSA) is 92.3 Å². The van der Waals surface area contributed by atoms with Gasteiger partial charge in [0, 0.05) is 18.4 Å². The smallest absolute Gasteiger partial charge is 0.251 e. The molecule has 1 heterocycles. The second kappa shape index (κ2) is 6.91. The van der Waals surface area contributed by atoms with E-state index in [1.54, 1.807) is 24.3 Å². The Hall–Kier alpha value is -1.89. The van der Waals surface area contributed by atoms with E-state index in [1.165, 1.54) is 0 Å². The molecule has 7 heteroatoms. The fourth-order valence-corrected chi connectivity index (χ4v) is 3.21. The predicted octanol–water partition coefficient (Wildman–Crippen LogP) is 0.630. The number of nitrogens with one attached hydrogen (secondary N) is 2. The zero-order valence-electron chi connectivity index (χ0n) is 12.5. The largest absolute Gasteiger partial charge is 0.354 e. The molecule has 0 bridgehead atoms. The average molecular weight is 324 g/mol. The Kier molecular flexibility index (Phi) is 5.18. The molecule has 6 nitrogen and oxygen atoms in total. The van der Waals surface area contributed by atoms with Crippen molar-refractivity contribution in [1.82, 2.24) is 10.6 Å². The molecule has 0 spiro atoms. The number of carbonyl (C=O) groups excluding carboxylic acids is 2. The molecule has 1 aliphatic rings. The number of sulfone groups is 1. The van der Waals surface area contributed by atoms with Gasteiger partial charge in [-0.15, -0.1) is 0 Å². The van der Waals surface area contributed by atoms with Gasteiger partial charge in [-0.25, -0.2) is 8.42 Å². The van der Waals surface area contributed by atoms with E-state index in [1.807, 2.05) is 0 Å². The highest BCUT2D eigenvalue weighted by molar-refractivity contribution is 7.89. The van der Waals surface area contributed by atoms with Crippen molar-refractivity contribution in [3.8, 4) is 0 Å². The van der Waals surface area contributed by atoms with Crippen molar-refractivity contribution in [3.05, 3.63) is 35.4 Å². The molecular formula is C15H20N2O4S. The molecule has 2 rings (SSSR count). The van der Waals surface area contributed by atoms with Crippen molar-refractivity contribution >= 4 is 21.7 Å². The summed E-state index contributed by atoms with van der Waals surface area (Å²) in [5.41, 5.74) is 0.915. The number of rotatable bonds is 4. The minimum Gasteiger partial charge on any atom is -0.354 e. The van der Waals surface area contributed by atoms with Gasteiger partial charge in [0.2, 0.25) is 5.91 Å². The van der Waals surface area contributed by atoms with E-state index in [0.29, 0.717) is 24.1 Å². The summed E-state index contributed by atoms with van der Waals surface area (Å²) in [6, 6.07) is 5.92. The van der Waals surface area contributed by atoms with Crippen LogP contribution in [-0.4, -0.2) is 39.1 Å². The molecule has 22 heavy (non-hydrogen) atoms. The van der Waals surface area contributed by atoms with Crippen LogP contribution in [-0.2, 0) is 20.4 Å². The SMILES string of the molecule is CS(=O)(=O)Cc1cccc(C(=O)N[C@H]2CCCCNC2=O)c1. The minimum absolute atomic E-state index is 0.113. The van der Waals surface area contributed by atoms with Crippen molar-refractivity contribution in [2.24, 2.45) is 0 Å². The maximum atomic E-state index is 12.2. The molecule has 1 fully saturated rings. The van der Waals surface area contributed by atoms with Gasteiger partial charge >= 0.3 is 0 Å². The third-order valence-electron chi connectivity index (χ3n) is 3.46. The minimum atomic E-state index is -3.16. The zero-order chi connectivity index (χ0) is 16.2. The molecule has 1 aliphatic heterocycles. The van der Waals surface area contributed by atoms with Gasteiger partial charge in [-0.3, -0.25) is 9.59 Å². The normalized spacial score (nSPS) is 19.1. The lowest BCUT2D eigenvalue weighted by Gasteiger charge is -2.15. The van der Waals surface area contributed by atoms with E-state index in [2.05, 4.69) is 10.6 Å². The second-order valence-corrected chi connectivity index (χ2v) is 7.72. The molecule has 0 aliphatic carbocycles. The zero-order valence-corrected chi connectivity index (χ0v) is 13.3. The van der Waals surface area contributed by atoms with Gasteiger partial charge in [0.1, 0.15) is 6.04 Å². The monoisotopic (exact) mass is 324 g/mol. The standard InChI is InChI=1S/C15H20N2O4S/c1-22(20,21)10-11-5-4-6-12(9-11)14(18)17-13-7-2-3-8-16-15(13)19/h4-6,9,13H,2-3,7-8,10H2,1H3,(H,16,19)(H,17,18)/t13-/m0/s1. The van der Waals surface area contributed by atoms with Gasteiger partial charge in [0.05, 0.1) is 5.75 Å². The molecule has 2 amide bonds. The van der Waals surface area contributed by atoms with Gasteiger partial charge in [-0.05, 0) is 37.0 Å². The summed E-state index contributed by atoms with van der Waals surface area (Å²) in [5.74, 6) is -0.645. The van der Waals surface area contributed by atoms with Gasteiger partial charge < -0.3 is 10.6 Å². The van der Waals surface area contributed by atoms with Crippen molar-refractivity contribution in [1.29, 1.82) is 0 Å². The summed E-state index contributed by atoms with van der Waals surface area (Å²) >= 11 is 0. The maximum Gasteiger partial charge on any atom is 0.251 e. The summed E-state index contributed by atoms with van der Waals surface area (Å²) in [6.07, 6.45) is 3.54. The molecule has 120 valence electrons. The van der Waals surface area contributed by atoms with Crippen LogP contribution in [0.1, 0.15) is 35.2 Å². The molecule has 0 radical (unpaired) electrons.